The number of nitrogens with one attached hydrogen (secondary N) is 1. The monoisotopic (exact) mass is 141 g/mol. The van der Waals surface area contributed by atoms with Gasteiger partial charge in [-0.2, -0.15) is 0 Å². The normalized spacial score (nSPS) is 28.5. The van der Waals surface area contributed by atoms with Crippen molar-refractivity contribution in [3.8, 4) is 0 Å². The van der Waals surface area contributed by atoms with E-state index >= 15 is 0 Å². The van der Waals surface area contributed by atoms with E-state index in [0.29, 0.717) is 0 Å². The summed E-state index contributed by atoms with van der Waals surface area (Å²) in [5, 5.41) is 3.43. The van der Waals surface area contributed by atoms with Gasteiger partial charge in [0.1, 0.15) is 0 Å². The lowest BCUT2D eigenvalue weighted by Crippen LogP contribution is -2.15. The van der Waals surface area contributed by atoms with E-state index in [2.05, 4.69) is 19.2 Å². The minimum absolute atomic E-state index is 0.889. The van der Waals surface area contributed by atoms with Gasteiger partial charge in [0, 0.05) is 0 Å². The molecule has 60 valence electrons. The van der Waals surface area contributed by atoms with Crippen LogP contribution in [0.2, 0.25) is 0 Å². The SMILES string of the molecule is CC(C)[C@@H]1CCCNCC1. The second-order valence-electron chi connectivity index (χ2n) is 3.69. The summed E-state index contributed by atoms with van der Waals surface area (Å²) in [4.78, 5) is 0. The van der Waals surface area contributed by atoms with Crippen LogP contribution in [0.25, 0.3) is 0 Å². The predicted octanol–water partition coefficient (Wildman–Crippen LogP) is 2.03. The van der Waals surface area contributed by atoms with Gasteiger partial charge in [-0.15, -0.1) is 0 Å². The molecule has 0 aliphatic carbocycles. The van der Waals surface area contributed by atoms with Crippen LogP contribution in [-0.2, 0) is 0 Å². The molecule has 1 heteroatoms. The zero-order valence-corrected chi connectivity index (χ0v) is 7.19. The lowest BCUT2D eigenvalue weighted by molar-refractivity contribution is 0.350. The Balaban J connectivity index is 2.28. The summed E-state index contributed by atoms with van der Waals surface area (Å²) in [5.74, 6) is 1.87. The fourth-order valence-electron chi connectivity index (χ4n) is 1.71. The Kier molecular flexibility index (Phi) is 3.20. The third-order valence-corrected chi connectivity index (χ3v) is 2.56. The summed E-state index contributed by atoms with van der Waals surface area (Å²) < 4.78 is 0. The first-order valence-electron chi connectivity index (χ1n) is 4.51. The molecule has 1 N–H and O–H groups in total. The van der Waals surface area contributed by atoms with Crippen LogP contribution in [0.4, 0.5) is 0 Å². The molecule has 1 rings (SSSR count). The second kappa shape index (κ2) is 3.97. The second-order valence-corrected chi connectivity index (χ2v) is 3.69. The Morgan fingerprint density at radius 3 is 2.70 bits per heavy atom. The van der Waals surface area contributed by atoms with Gasteiger partial charge >= 0.3 is 0 Å². The van der Waals surface area contributed by atoms with E-state index in [0.717, 1.165) is 11.8 Å². The van der Waals surface area contributed by atoms with Gasteiger partial charge in [-0.3, -0.25) is 0 Å². The van der Waals surface area contributed by atoms with Crippen LogP contribution in [0.3, 0.4) is 0 Å². The minimum atomic E-state index is 0.889. The fraction of sp³-hybridized carbons (Fsp3) is 1.00. The predicted molar refractivity (Wildman–Crippen MR) is 45.0 cm³/mol. The summed E-state index contributed by atoms with van der Waals surface area (Å²) in [6, 6.07) is 0. The molecule has 0 saturated carbocycles. The zero-order valence-electron chi connectivity index (χ0n) is 7.19. The molecule has 0 spiro atoms. The zero-order chi connectivity index (χ0) is 7.40. The Labute approximate surface area is 64.2 Å². The largest absolute Gasteiger partial charge is 0.317 e. The summed E-state index contributed by atoms with van der Waals surface area (Å²) >= 11 is 0. The molecule has 0 unspecified atom stereocenters. The Hall–Kier alpha value is -0.0400. The molecule has 1 nitrogen and oxygen atoms in total. The first-order chi connectivity index (χ1) is 4.80. The third-order valence-electron chi connectivity index (χ3n) is 2.56. The van der Waals surface area contributed by atoms with Crippen molar-refractivity contribution >= 4 is 0 Å². The van der Waals surface area contributed by atoms with E-state index in [1.807, 2.05) is 0 Å². The minimum Gasteiger partial charge on any atom is -0.317 e. The van der Waals surface area contributed by atoms with Crippen molar-refractivity contribution in [3.63, 3.8) is 0 Å². The molecule has 1 saturated heterocycles. The molecule has 10 heavy (non-hydrogen) atoms. The maximum atomic E-state index is 3.43. The van der Waals surface area contributed by atoms with E-state index < -0.39 is 0 Å². The van der Waals surface area contributed by atoms with Gasteiger partial charge < -0.3 is 5.32 Å². The molecule has 0 amide bonds. The van der Waals surface area contributed by atoms with Gasteiger partial charge in [-0.1, -0.05) is 13.8 Å². The summed E-state index contributed by atoms with van der Waals surface area (Å²) in [6.07, 6.45) is 4.20. The van der Waals surface area contributed by atoms with Crippen LogP contribution in [0, 0.1) is 11.8 Å². The Bertz CT molecular complexity index is 80.7. The van der Waals surface area contributed by atoms with E-state index in [9.17, 15) is 0 Å². The summed E-state index contributed by atoms with van der Waals surface area (Å²) in [7, 11) is 0. The van der Waals surface area contributed by atoms with E-state index in [1.54, 1.807) is 0 Å². The van der Waals surface area contributed by atoms with Gasteiger partial charge in [0.05, 0.1) is 0 Å². The van der Waals surface area contributed by atoms with Crippen molar-refractivity contribution in [3.05, 3.63) is 0 Å². The van der Waals surface area contributed by atoms with Crippen LogP contribution in [-0.4, -0.2) is 13.1 Å². The Morgan fingerprint density at radius 1 is 1.20 bits per heavy atom. The highest BCUT2D eigenvalue weighted by Gasteiger charge is 2.14. The highest BCUT2D eigenvalue weighted by molar-refractivity contribution is 4.68. The molecular weight excluding hydrogens is 122 g/mol. The fourth-order valence-corrected chi connectivity index (χ4v) is 1.71. The van der Waals surface area contributed by atoms with Crippen LogP contribution in [0.15, 0.2) is 0 Å². The molecule has 0 aromatic heterocycles. The van der Waals surface area contributed by atoms with Gasteiger partial charge in [-0.25, -0.2) is 0 Å². The molecular formula is C9H19N. The van der Waals surface area contributed by atoms with Crippen molar-refractivity contribution in [1.29, 1.82) is 0 Å². The molecule has 1 aliphatic rings. The Morgan fingerprint density at radius 2 is 2.00 bits per heavy atom. The maximum Gasteiger partial charge on any atom is -0.00462 e. The standard InChI is InChI=1S/C9H19N/c1-8(2)9-4-3-6-10-7-5-9/h8-10H,3-7H2,1-2H3/t9-/m1/s1. The lowest BCUT2D eigenvalue weighted by Gasteiger charge is -2.16. The highest BCUT2D eigenvalue weighted by atomic mass is 14.8. The smallest absolute Gasteiger partial charge is 0.00462 e. The van der Waals surface area contributed by atoms with Gasteiger partial charge in [-0.05, 0) is 44.2 Å². The first kappa shape index (κ1) is 8.06. The van der Waals surface area contributed by atoms with Crippen molar-refractivity contribution in [2.75, 3.05) is 13.1 Å². The van der Waals surface area contributed by atoms with Crippen molar-refractivity contribution < 1.29 is 0 Å². The molecule has 1 fully saturated rings. The van der Waals surface area contributed by atoms with Crippen molar-refractivity contribution in [2.24, 2.45) is 11.8 Å². The maximum absolute atomic E-state index is 3.43. The molecule has 1 heterocycles. The van der Waals surface area contributed by atoms with Crippen molar-refractivity contribution in [2.45, 2.75) is 33.1 Å². The molecule has 0 aromatic carbocycles. The van der Waals surface area contributed by atoms with Crippen LogP contribution in [0.5, 0.6) is 0 Å². The molecule has 0 aromatic rings. The van der Waals surface area contributed by atoms with E-state index in [1.165, 1.54) is 32.4 Å². The van der Waals surface area contributed by atoms with Crippen LogP contribution >= 0.6 is 0 Å². The van der Waals surface area contributed by atoms with E-state index in [4.69, 9.17) is 0 Å². The number of hydrogen-bond acceptors (Lipinski definition) is 1. The van der Waals surface area contributed by atoms with E-state index in [-0.39, 0.29) is 0 Å². The lowest BCUT2D eigenvalue weighted by atomic mass is 9.89. The topological polar surface area (TPSA) is 12.0 Å². The average Bonchev–Trinajstić information content (AvgIpc) is 2.12. The third kappa shape index (κ3) is 2.30. The van der Waals surface area contributed by atoms with Gasteiger partial charge in [0.25, 0.3) is 0 Å². The quantitative estimate of drug-likeness (QED) is 0.589. The van der Waals surface area contributed by atoms with Crippen molar-refractivity contribution in [1.82, 2.24) is 5.32 Å². The molecule has 1 aliphatic heterocycles. The van der Waals surface area contributed by atoms with Gasteiger partial charge in [0.15, 0.2) is 0 Å². The summed E-state index contributed by atoms with van der Waals surface area (Å²) in [5.41, 5.74) is 0. The highest BCUT2D eigenvalue weighted by Crippen LogP contribution is 2.21. The molecule has 0 bridgehead atoms. The average molecular weight is 141 g/mol. The molecule has 0 radical (unpaired) electrons. The first-order valence-corrected chi connectivity index (χ1v) is 4.51. The molecule has 1 atom stereocenters. The summed E-state index contributed by atoms with van der Waals surface area (Å²) in [6.45, 7) is 7.16. The van der Waals surface area contributed by atoms with Crippen LogP contribution in [0.1, 0.15) is 33.1 Å². The number of hydrogen-bond donors (Lipinski definition) is 1. The van der Waals surface area contributed by atoms with Crippen LogP contribution < -0.4 is 5.32 Å². The number of rotatable bonds is 1. The van der Waals surface area contributed by atoms with Gasteiger partial charge in [0.2, 0.25) is 0 Å².